The van der Waals surface area contributed by atoms with Crippen LogP contribution in [0.4, 0.5) is 0 Å². The van der Waals surface area contributed by atoms with Crippen LogP contribution >= 0.6 is 0 Å². The second kappa shape index (κ2) is 5.45. The first-order valence-corrected chi connectivity index (χ1v) is 6.30. The first-order chi connectivity index (χ1) is 9.86. The van der Waals surface area contributed by atoms with Crippen LogP contribution in [0.5, 0.6) is 11.5 Å². The van der Waals surface area contributed by atoms with Crippen LogP contribution in [-0.2, 0) is 0 Å². The fourth-order valence-electron chi connectivity index (χ4n) is 2.00. The van der Waals surface area contributed by atoms with Crippen LogP contribution < -0.4 is 9.47 Å². The Hall–Kier alpha value is -2.80. The molecule has 1 aromatic heterocycles. The molecule has 0 atom stereocenters. The van der Waals surface area contributed by atoms with Crippen molar-refractivity contribution in [3.05, 3.63) is 53.9 Å². The molecule has 0 aliphatic carbocycles. The number of rotatable bonds is 2. The summed E-state index contributed by atoms with van der Waals surface area (Å²) in [7, 11) is 0. The Balaban J connectivity index is 1.96. The molecule has 4 nitrogen and oxygen atoms in total. The number of aromatic nitrogens is 1. The van der Waals surface area contributed by atoms with E-state index in [1.807, 2.05) is 36.4 Å². The van der Waals surface area contributed by atoms with E-state index < -0.39 is 0 Å². The summed E-state index contributed by atoms with van der Waals surface area (Å²) in [5, 5.41) is 9.26. The van der Waals surface area contributed by atoms with Gasteiger partial charge in [0.25, 0.3) is 0 Å². The lowest BCUT2D eigenvalue weighted by Gasteiger charge is -2.18. The zero-order valence-electron chi connectivity index (χ0n) is 10.7. The maximum atomic E-state index is 9.26. The normalized spacial score (nSPS) is 13.7. The lowest BCUT2D eigenvalue weighted by atomic mass is 10.1. The Kier molecular flexibility index (Phi) is 3.34. The predicted molar refractivity (Wildman–Crippen MR) is 75.2 cm³/mol. The van der Waals surface area contributed by atoms with E-state index >= 15 is 0 Å². The Bertz CT molecular complexity index is 687. The first kappa shape index (κ1) is 12.2. The van der Waals surface area contributed by atoms with Crippen molar-refractivity contribution in [2.45, 2.75) is 0 Å². The molecule has 0 saturated carbocycles. The topological polar surface area (TPSA) is 55.1 Å². The highest BCUT2D eigenvalue weighted by atomic mass is 16.6. The minimum absolute atomic E-state index is 0.516. The van der Waals surface area contributed by atoms with Gasteiger partial charge in [0, 0.05) is 6.20 Å². The van der Waals surface area contributed by atoms with Crippen molar-refractivity contribution >= 4 is 11.6 Å². The average Bonchev–Trinajstić information content (AvgIpc) is 2.53. The van der Waals surface area contributed by atoms with Crippen molar-refractivity contribution in [2.24, 2.45) is 0 Å². The minimum Gasteiger partial charge on any atom is -0.486 e. The lowest BCUT2D eigenvalue weighted by molar-refractivity contribution is 0.171. The molecule has 2 heterocycles. The molecule has 1 aliphatic rings. The number of hydrogen-bond acceptors (Lipinski definition) is 4. The number of fused-ring (bicyclic) bond motifs is 1. The summed E-state index contributed by atoms with van der Waals surface area (Å²) < 4.78 is 11.0. The quantitative estimate of drug-likeness (QED) is 0.782. The number of ether oxygens (including phenoxy) is 2. The van der Waals surface area contributed by atoms with Gasteiger partial charge in [-0.2, -0.15) is 5.26 Å². The van der Waals surface area contributed by atoms with Crippen LogP contribution in [0.15, 0.2) is 42.6 Å². The molecule has 1 aromatic carbocycles. The van der Waals surface area contributed by atoms with Crippen molar-refractivity contribution in [1.82, 2.24) is 4.98 Å². The van der Waals surface area contributed by atoms with Crippen molar-refractivity contribution in [3.8, 4) is 17.6 Å². The van der Waals surface area contributed by atoms with Gasteiger partial charge in [0.05, 0.1) is 11.3 Å². The van der Waals surface area contributed by atoms with E-state index in [2.05, 4.69) is 11.1 Å². The van der Waals surface area contributed by atoms with Gasteiger partial charge < -0.3 is 9.47 Å². The molecule has 0 spiro atoms. The van der Waals surface area contributed by atoms with Crippen LogP contribution in [-0.4, -0.2) is 18.2 Å². The first-order valence-electron chi connectivity index (χ1n) is 6.30. The van der Waals surface area contributed by atoms with E-state index in [-0.39, 0.29) is 0 Å². The number of nitriles is 1. The zero-order chi connectivity index (χ0) is 13.8. The summed E-state index contributed by atoms with van der Waals surface area (Å²) in [6.07, 6.45) is 3.46. The largest absolute Gasteiger partial charge is 0.486 e. The SMILES string of the molecule is N#C/C(=C\c1ccc2c(c1)OCCO2)c1ccccn1. The van der Waals surface area contributed by atoms with Crippen molar-refractivity contribution in [1.29, 1.82) is 5.26 Å². The average molecular weight is 264 g/mol. The smallest absolute Gasteiger partial charge is 0.161 e. The molecule has 20 heavy (non-hydrogen) atoms. The molecule has 0 amide bonds. The van der Waals surface area contributed by atoms with E-state index in [1.54, 1.807) is 12.3 Å². The molecule has 1 aliphatic heterocycles. The van der Waals surface area contributed by atoms with Gasteiger partial charge in [-0.05, 0) is 35.9 Å². The highest BCUT2D eigenvalue weighted by Gasteiger charge is 2.11. The number of benzene rings is 1. The van der Waals surface area contributed by atoms with E-state index in [1.165, 1.54) is 0 Å². The Morgan fingerprint density at radius 2 is 2.00 bits per heavy atom. The monoisotopic (exact) mass is 264 g/mol. The standard InChI is InChI=1S/C16H12N2O2/c17-11-13(14-3-1-2-6-18-14)9-12-4-5-15-16(10-12)20-8-7-19-15/h1-6,9-10H,7-8H2/b13-9+. The fourth-order valence-corrected chi connectivity index (χ4v) is 2.00. The molecule has 0 fully saturated rings. The maximum Gasteiger partial charge on any atom is 0.161 e. The third-order valence-corrected chi connectivity index (χ3v) is 2.94. The van der Waals surface area contributed by atoms with Gasteiger partial charge in [0.1, 0.15) is 19.3 Å². The number of nitrogens with zero attached hydrogens (tertiary/aromatic N) is 2. The minimum atomic E-state index is 0.516. The van der Waals surface area contributed by atoms with Crippen molar-refractivity contribution in [2.75, 3.05) is 13.2 Å². The van der Waals surface area contributed by atoms with Gasteiger partial charge in [-0.25, -0.2) is 0 Å². The molecule has 3 rings (SSSR count). The van der Waals surface area contributed by atoms with Gasteiger partial charge >= 0.3 is 0 Å². The summed E-state index contributed by atoms with van der Waals surface area (Å²) >= 11 is 0. The summed E-state index contributed by atoms with van der Waals surface area (Å²) in [6.45, 7) is 1.12. The molecule has 0 N–H and O–H groups in total. The second-order valence-corrected chi connectivity index (χ2v) is 4.29. The van der Waals surface area contributed by atoms with Gasteiger partial charge in [-0.1, -0.05) is 12.1 Å². The second-order valence-electron chi connectivity index (χ2n) is 4.29. The molecule has 0 bridgehead atoms. The summed E-state index contributed by atoms with van der Waals surface area (Å²) in [6, 6.07) is 13.3. The molecule has 4 heteroatoms. The van der Waals surface area contributed by atoms with E-state index in [9.17, 15) is 5.26 Å². The molecule has 0 unspecified atom stereocenters. The summed E-state index contributed by atoms with van der Waals surface area (Å²) in [4.78, 5) is 4.19. The molecule has 2 aromatic rings. The maximum absolute atomic E-state index is 9.26. The Labute approximate surface area is 116 Å². The third-order valence-electron chi connectivity index (χ3n) is 2.94. The fraction of sp³-hybridized carbons (Fsp3) is 0.125. The molecule has 0 radical (unpaired) electrons. The zero-order valence-corrected chi connectivity index (χ0v) is 10.7. The van der Waals surface area contributed by atoms with Gasteiger partial charge in [-0.15, -0.1) is 0 Å². The van der Waals surface area contributed by atoms with Crippen LogP contribution in [0.2, 0.25) is 0 Å². The van der Waals surface area contributed by atoms with Crippen LogP contribution in [0, 0.1) is 11.3 Å². The van der Waals surface area contributed by atoms with Gasteiger partial charge in [0.15, 0.2) is 11.5 Å². The Morgan fingerprint density at radius 1 is 1.15 bits per heavy atom. The van der Waals surface area contributed by atoms with Gasteiger partial charge in [0.2, 0.25) is 0 Å². The van der Waals surface area contributed by atoms with Crippen LogP contribution in [0.1, 0.15) is 11.3 Å². The van der Waals surface area contributed by atoms with Crippen molar-refractivity contribution in [3.63, 3.8) is 0 Å². The highest BCUT2D eigenvalue weighted by Crippen LogP contribution is 2.31. The molecule has 98 valence electrons. The highest BCUT2D eigenvalue weighted by molar-refractivity contribution is 5.88. The van der Waals surface area contributed by atoms with Crippen molar-refractivity contribution < 1.29 is 9.47 Å². The van der Waals surface area contributed by atoms with E-state index in [4.69, 9.17) is 9.47 Å². The van der Waals surface area contributed by atoms with Crippen LogP contribution in [0.25, 0.3) is 11.6 Å². The third kappa shape index (κ3) is 2.47. The number of hydrogen-bond donors (Lipinski definition) is 0. The predicted octanol–water partition coefficient (Wildman–Crippen LogP) is 2.92. The molecule has 0 saturated heterocycles. The molecular formula is C16H12N2O2. The Morgan fingerprint density at radius 3 is 2.75 bits per heavy atom. The van der Waals surface area contributed by atoms with Gasteiger partial charge in [-0.3, -0.25) is 4.98 Å². The molecular weight excluding hydrogens is 252 g/mol. The van der Waals surface area contributed by atoms with E-state index in [0.717, 1.165) is 11.3 Å². The summed E-state index contributed by atoms with van der Waals surface area (Å²) in [5.41, 5.74) is 2.06. The lowest BCUT2D eigenvalue weighted by Crippen LogP contribution is -2.15. The number of allylic oxidation sites excluding steroid dienone is 1. The van der Waals surface area contributed by atoms with E-state index in [0.29, 0.717) is 30.2 Å². The summed E-state index contributed by atoms with van der Waals surface area (Å²) in [5.74, 6) is 1.45. The van der Waals surface area contributed by atoms with Crippen LogP contribution in [0.3, 0.4) is 0 Å². The number of pyridine rings is 1.